The van der Waals surface area contributed by atoms with E-state index in [1.54, 1.807) is 48.5 Å². The second kappa shape index (κ2) is 12.2. The number of hydrogen-bond donors (Lipinski definition) is 1. The van der Waals surface area contributed by atoms with Gasteiger partial charge in [0.25, 0.3) is 10.0 Å². The van der Waals surface area contributed by atoms with Crippen LogP contribution in [0, 0.1) is 5.82 Å². The number of nitrogens with zero attached hydrogens (tertiary/aromatic N) is 1. The summed E-state index contributed by atoms with van der Waals surface area (Å²) in [7, 11) is -4.18. The van der Waals surface area contributed by atoms with E-state index < -0.39 is 28.3 Å². The average Bonchev–Trinajstić information content (AvgIpc) is 2.93. The maximum absolute atomic E-state index is 13.5. The molecule has 4 aromatic carbocycles. The third kappa shape index (κ3) is 6.89. The second-order valence-corrected chi connectivity index (χ2v) is 10.1. The van der Waals surface area contributed by atoms with Crippen LogP contribution in [-0.2, 0) is 21.4 Å². The van der Waals surface area contributed by atoms with Crippen LogP contribution in [0.2, 0.25) is 0 Å². The number of halogens is 1. The topological polar surface area (TPSA) is 84.9 Å². The monoisotopic (exact) mass is 534 g/mol. The molecule has 0 saturated heterocycles. The first-order valence-electron chi connectivity index (χ1n) is 11.9. The van der Waals surface area contributed by atoms with Gasteiger partial charge in [-0.2, -0.15) is 0 Å². The number of carbonyl (C=O) groups excluding carboxylic acids is 1. The maximum Gasteiger partial charge on any atom is 0.264 e. The van der Waals surface area contributed by atoms with Crippen molar-refractivity contribution in [1.82, 2.24) is 0 Å². The summed E-state index contributed by atoms with van der Waals surface area (Å²) in [5, 5.41) is 2.72. The van der Waals surface area contributed by atoms with Gasteiger partial charge in [-0.15, -0.1) is 0 Å². The minimum absolute atomic E-state index is 0.138. The molecule has 9 heteroatoms. The van der Waals surface area contributed by atoms with E-state index in [1.165, 1.54) is 0 Å². The van der Waals surface area contributed by atoms with Crippen molar-refractivity contribution < 1.29 is 27.1 Å². The van der Waals surface area contributed by atoms with Crippen molar-refractivity contribution in [2.75, 3.05) is 22.8 Å². The Kier molecular flexibility index (Phi) is 8.60. The second-order valence-electron chi connectivity index (χ2n) is 8.24. The first-order valence-corrected chi connectivity index (χ1v) is 13.4. The summed E-state index contributed by atoms with van der Waals surface area (Å²) in [6.07, 6.45) is 0. The van der Waals surface area contributed by atoms with Crippen LogP contribution in [0.3, 0.4) is 0 Å². The molecule has 0 saturated carbocycles. The SMILES string of the molecule is CCOc1ccc(N(CC(=O)Nc2ccc(OCc3ccccc3)cc2)S(=O)(=O)c2ccc(F)cc2)cc1. The molecule has 0 radical (unpaired) electrons. The number of hydrogen-bond acceptors (Lipinski definition) is 5. The zero-order chi connectivity index (χ0) is 27.0. The fourth-order valence-electron chi connectivity index (χ4n) is 3.63. The predicted octanol–water partition coefficient (Wildman–Crippen LogP) is 5.64. The Morgan fingerprint density at radius 1 is 0.816 bits per heavy atom. The molecule has 0 bridgehead atoms. The van der Waals surface area contributed by atoms with E-state index in [2.05, 4.69) is 5.32 Å². The highest BCUT2D eigenvalue weighted by Gasteiger charge is 2.27. The number of amides is 1. The highest BCUT2D eigenvalue weighted by Crippen LogP contribution is 2.26. The van der Waals surface area contributed by atoms with E-state index in [-0.39, 0.29) is 10.6 Å². The van der Waals surface area contributed by atoms with Gasteiger partial charge in [-0.05, 0) is 85.3 Å². The van der Waals surface area contributed by atoms with Crippen LogP contribution in [0.5, 0.6) is 11.5 Å². The van der Waals surface area contributed by atoms with Gasteiger partial charge in [-0.25, -0.2) is 12.8 Å². The van der Waals surface area contributed by atoms with Crippen LogP contribution in [-0.4, -0.2) is 27.5 Å². The van der Waals surface area contributed by atoms with Crippen LogP contribution < -0.4 is 19.1 Å². The molecular formula is C29H27FN2O5S. The van der Waals surface area contributed by atoms with Gasteiger partial charge in [-0.1, -0.05) is 30.3 Å². The van der Waals surface area contributed by atoms with Crippen LogP contribution in [0.15, 0.2) is 108 Å². The van der Waals surface area contributed by atoms with Crippen molar-refractivity contribution in [3.05, 3.63) is 115 Å². The zero-order valence-corrected chi connectivity index (χ0v) is 21.5. The molecular weight excluding hydrogens is 507 g/mol. The molecule has 0 aliphatic heterocycles. The molecule has 0 spiro atoms. The molecule has 7 nitrogen and oxygen atoms in total. The summed E-state index contributed by atoms with van der Waals surface area (Å²) in [5.74, 6) is 0.0733. The molecule has 38 heavy (non-hydrogen) atoms. The van der Waals surface area contributed by atoms with Crippen LogP contribution >= 0.6 is 0 Å². The lowest BCUT2D eigenvalue weighted by Crippen LogP contribution is -2.38. The summed E-state index contributed by atoms with van der Waals surface area (Å²) in [4.78, 5) is 12.8. The summed E-state index contributed by atoms with van der Waals surface area (Å²) >= 11 is 0. The minimum Gasteiger partial charge on any atom is -0.494 e. The van der Waals surface area contributed by atoms with Crippen LogP contribution in [0.4, 0.5) is 15.8 Å². The number of ether oxygens (including phenoxy) is 2. The normalized spacial score (nSPS) is 11.0. The molecule has 0 aromatic heterocycles. The van der Waals surface area contributed by atoms with Crippen molar-refractivity contribution in [2.24, 2.45) is 0 Å². The summed E-state index contributed by atoms with van der Waals surface area (Å²) in [6.45, 7) is 2.20. The lowest BCUT2D eigenvalue weighted by molar-refractivity contribution is -0.114. The number of rotatable bonds is 11. The molecule has 1 N–H and O–H groups in total. The molecule has 0 atom stereocenters. The number of benzene rings is 4. The number of carbonyl (C=O) groups is 1. The van der Waals surface area contributed by atoms with Gasteiger partial charge in [0.2, 0.25) is 5.91 Å². The van der Waals surface area contributed by atoms with E-state index >= 15 is 0 Å². The van der Waals surface area contributed by atoms with Gasteiger partial charge in [0.05, 0.1) is 17.2 Å². The number of anilines is 2. The molecule has 196 valence electrons. The summed E-state index contributed by atoms with van der Waals surface area (Å²) < 4.78 is 52.5. The smallest absolute Gasteiger partial charge is 0.264 e. The molecule has 0 aliphatic rings. The summed E-state index contributed by atoms with van der Waals surface area (Å²) in [5.41, 5.74) is 1.77. The van der Waals surface area contributed by atoms with Gasteiger partial charge >= 0.3 is 0 Å². The molecule has 0 fully saturated rings. The van der Waals surface area contributed by atoms with Gasteiger partial charge in [0.15, 0.2) is 0 Å². The first kappa shape index (κ1) is 26.7. The lowest BCUT2D eigenvalue weighted by atomic mass is 10.2. The average molecular weight is 535 g/mol. The van der Waals surface area contributed by atoms with Crippen molar-refractivity contribution >= 4 is 27.3 Å². The predicted molar refractivity (Wildman–Crippen MR) is 144 cm³/mol. The van der Waals surface area contributed by atoms with Crippen LogP contribution in [0.1, 0.15) is 12.5 Å². The van der Waals surface area contributed by atoms with Gasteiger partial charge in [0.1, 0.15) is 30.5 Å². The van der Waals surface area contributed by atoms with Crippen molar-refractivity contribution in [2.45, 2.75) is 18.4 Å². The van der Waals surface area contributed by atoms with Crippen molar-refractivity contribution in [3.8, 4) is 11.5 Å². The molecule has 0 aliphatic carbocycles. The maximum atomic E-state index is 13.5. The first-order chi connectivity index (χ1) is 18.3. The van der Waals surface area contributed by atoms with Crippen LogP contribution in [0.25, 0.3) is 0 Å². The fraction of sp³-hybridized carbons (Fsp3) is 0.138. The van der Waals surface area contributed by atoms with E-state index in [4.69, 9.17) is 9.47 Å². The van der Waals surface area contributed by atoms with Gasteiger partial charge in [-0.3, -0.25) is 9.10 Å². The minimum atomic E-state index is -4.18. The highest BCUT2D eigenvalue weighted by atomic mass is 32.2. The van der Waals surface area contributed by atoms with E-state index in [0.29, 0.717) is 30.4 Å². The Hall–Kier alpha value is -4.37. The van der Waals surface area contributed by atoms with E-state index in [1.807, 2.05) is 37.3 Å². The lowest BCUT2D eigenvalue weighted by Gasteiger charge is -2.24. The highest BCUT2D eigenvalue weighted by molar-refractivity contribution is 7.92. The Labute approximate surface area is 221 Å². The zero-order valence-electron chi connectivity index (χ0n) is 20.7. The summed E-state index contributed by atoms with van der Waals surface area (Å²) in [6, 6.07) is 27.3. The standard InChI is InChI=1S/C29H27FN2O5S/c1-2-36-26-16-12-25(13-17-26)32(38(34,35)28-18-8-23(30)9-19-28)20-29(33)31-24-10-14-27(15-11-24)37-21-22-6-4-3-5-7-22/h3-19H,2,20-21H2,1H3,(H,31,33). The molecule has 4 rings (SSSR count). The molecule has 0 unspecified atom stereocenters. The number of sulfonamides is 1. The Morgan fingerprint density at radius 2 is 1.42 bits per heavy atom. The third-order valence-electron chi connectivity index (χ3n) is 5.51. The third-order valence-corrected chi connectivity index (χ3v) is 7.30. The quantitative estimate of drug-likeness (QED) is 0.269. The Morgan fingerprint density at radius 3 is 2.05 bits per heavy atom. The molecule has 1 amide bonds. The fourth-order valence-corrected chi connectivity index (χ4v) is 5.05. The van der Waals surface area contributed by atoms with Crippen molar-refractivity contribution in [3.63, 3.8) is 0 Å². The molecule has 4 aromatic rings. The number of nitrogens with one attached hydrogen (secondary N) is 1. The Bertz CT molecular complexity index is 1440. The van der Waals surface area contributed by atoms with E-state index in [0.717, 1.165) is 34.1 Å². The van der Waals surface area contributed by atoms with Gasteiger partial charge < -0.3 is 14.8 Å². The Balaban J connectivity index is 1.49. The van der Waals surface area contributed by atoms with Gasteiger partial charge in [0, 0.05) is 5.69 Å². The van der Waals surface area contributed by atoms with E-state index in [9.17, 15) is 17.6 Å². The van der Waals surface area contributed by atoms with Crippen molar-refractivity contribution in [1.29, 1.82) is 0 Å². The largest absolute Gasteiger partial charge is 0.494 e. The molecule has 0 heterocycles.